The summed E-state index contributed by atoms with van der Waals surface area (Å²) in [6, 6.07) is 9.88. The van der Waals surface area contributed by atoms with Gasteiger partial charge in [0.05, 0.1) is 16.3 Å². The molecule has 0 atom stereocenters. The third-order valence-corrected chi connectivity index (χ3v) is 7.26. The Morgan fingerprint density at radius 2 is 2.09 bits per heavy atom. The lowest BCUT2D eigenvalue weighted by Crippen LogP contribution is -2.32. The van der Waals surface area contributed by atoms with Crippen LogP contribution in [-0.4, -0.2) is 32.2 Å². The summed E-state index contributed by atoms with van der Waals surface area (Å²) in [5, 5.41) is 7.05. The number of thiazole rings is 1. The fourth-order valence-corrected chi connectivity index (χ4v) is 5.56. The van der Waals surface area contributed by atoms with E-state index < -0.39 is 0 Å². The van der Waals surface area contributed by atoms with E-state index in [2.05, 4.69) is 16.7 Å². The molecule has 0 bridgehead atoms. The van der Waals surface area contributed by atoms with Crippen molar-refractivity contribution in [2.45, 2.75) is 25.7 Å². The molecule has 162 valence electrons. The van der Waals surface area contributed by atoms with E-state index in [9.17, 15) is 9.18 Å². The van der Waals surface area contributed by atoms with Crippen LogP contribution in [0.25, 0.3) is 16.4 Å². The Morgan fingerprint density at radius 3 is 2.84 bits per heavy atom. The molecule has 0 N–H and O–H groups in total. The summed E-state index contributed by atoms with van der Waals surface area (Å²) in [5.41, 5.74) is 1.58. The number of amides is 1. The lowest BCUT2D eigenvalue weighted by atomic mass is 10.0. The van der Waals surface area contributed by atoms with Crippen LogP contribution in [0.1, 0.15) is 34.0 Å². The minimum atomic E-state index is -0.385. The topological polar surface area (TPSA) is 63.9 Å². The van der Waals surface area contributed by atoms with Gasteiger partial charge < -0.3 is 0 Å². The van der Waals surface area contributed by atoms with Gasteiger partial charge in [-0.05, 0) is 55.3 Å². The second-order valence-corrected chi connectivity index (χ2v) is 9.42. The molecule has 0 fully saturated rings. The first-order valence-corrected chi connectivity index (χ1v) is 12.0. The number of carbonyl (C=O) groups excluding carboxylic acids is 1. The van der Waals surface area contributed by atoms with Crippen molar-refractivity contribution in [3.8, 4) is 16.4 Å². The van der Waals surface area contributed by atoms with Gasteiger partial charge in [0.25, 0.3) is 5.91 Å². The summed E-state index contributed by atoms with van der Waals surface area (Å²) in [6.45, 7) is 4.10. The molecule has 0 saturated heterocycles. The Hall–Kier alpha value is -3.17. The highest BCUT2D eigenvalue weighted by Gasteiger charge is 2.28. The summed E-state index contributed by atoms with van der Waals surface area (Å²) in [7, 11) is 0. The zero-order valence-electron chi connectivity index (χ0n) is 17.2. The van der Waals surface area contributed by atoms with Crippen molar-refractivity contribution in [1.29, 1.82) is 0 Å². The second-order valence-electron chi connectivity index (χ2n) is 7.41. The zero-order chi connectivity index (χ0) is 22.1. The molecule has 4 aromatic rings. The van der Waals surface area contributed by atoms with E-state index in [4.69, 9.17) is 4.98 Å². The van der Waals surface area contributed by atoms with Crippen molar-refractivity contribution in [3.05, 3.63) is 76.6 Å². The first kappa shape index (κ1) is 20.7. The van der Waals surface area contributed by atoms with Gasteiger partial charge in [0.1, 0.15) is 5.82 Å². The van der Waals surface area contributed by atoms with Crippen LogP contribution in [0.4, 0.5) is 9.52 Å². The quantitative estimate of drug-likeness (QED) is 0.362. The predicted molar refractivity (Wildman–Crippen MR) is 125 cm³/mol. The number of carbonyl (C=O) groups is 1. The van der Waals surface area contributed by atoms with Gasteiger partial charge in [0.2, 0.25) is 5.82 Å². The number of hydrogen-bond acceptors (Lipinski definition) is 6. The maximum absolute atomic E-state index is 13.9. The maximum atomic E-state index is 13.9. The summed E-state index contributed by atoms with van der Waals surface area (Å²) >= 11 is 3.03. The number of hydrogen-bond donors (Lipinski definition) is 0. The lowest BCUT2D eigenvalue weighted by molar-refractivity contribution is 0.0980. The highest BCUT2D eigenvalue weighted by Crippen LogP contribution is 2.33. The van der Waals surface area contributed by atoms with Crippen molar-refractivity contribution in [2.24, 2.45) is 0 Å². The third-order valence-electron chi connectivity index (χ3n) is 5.21. The van der Waals surface area contributed by atoms with Gasteiger partial charge in [-0.15, -0.1) is 34.4 Å². The summed E-state index contributed by atoms with van der Waals surface area (Å²) in [6.07, 6.45) is 5.88. The van der Waals surface area contributed by atoms with Crippen molar-refractivity contribution >= 4 is 33.7 Å². The molecule has 1 amide bonds. The van der Waals surface area contributed by atoms with Crippen LogP contribution in [0.5, 0.6) is 0 Å². The molecule has 5 rings (SSSR count). The first-order valence-electron chi connectivity index (χ1n) is 10.3. The normalized spacial score (nSPS) is 13.0. The summed E-state index contributed by atoms with van der Waals surface area (Å²) in [4.78, 5) is 26.5. The Kier molecular flexibility index (Phi) is 5.67. The van der Waals surface area contributed by atoms with Gasteiger partial charge in [0.15, 0.2) is 11.0 Å². The number of halogens is 1. The zero-order valence-corrected chi connectivity index (χ0v) is 18.8. The maximum Gasteiger partial charge on any atom is 0.300 e. The number of thiophene rings is 1. The van der Waals surface area contributed by atoms with E-state index in [1.54, 1.807) is 34.4 Å². The Balaban J connectivity index is 1.57. The number of aromatic nitrogens is 4. The molecule has 0 unspecified atom stereocenters. The molecule has 0 radical (unpaired) electrons. The Bertz CT molecular complexity index is 1250. The second kappa shape index (κ2) is 8.76. The van der Waals surface area contributed by atoms with Crippen molar-refractivity contribution < 1.29 is 9.18 Å². The van der Waals surface area contributed by atoms with Crippen LogP contribution in [0.2, 0.25) is 0 Å². The fourth-order valence-electron chi connectivity index (χ4n) is 3.71. The molecule has 1 aliphatic rings. The fraction of sp³-hybridized carbons (Fsp3) is 0.217. The van der Waals surface area contributed by atoms with Crippen molar-refractivity contribution in [3.63, 3.8) is 0 Å². The van der Waals surface area contributed by atoms with E-state index in [0.717, 1.165) is 36.3 Å². The lowest BCUT2D eigenvalue weighted by Gasteiger charge is -2.15. The molecule has 1 aromatic carbocycles. The van der Waals surface area contributed by atoms with E-state index in [1.165, 1.54) is 33.0 Å². The van der Waals surface area contributed by atoms with Gasteiger partial charge in [-0.2, -0.15) is 0 Å². The Morgan fingerprint density at radius 1 is 1.22 bits per heavy atom. The standard InChI is InChI=1S/C23H20FN5OS2/c1-2-12-28(23-25-17-9-3-4-10-18(17)32-23)22(30)20-26-21(19-11-6-13-31-19)29(27-20)16-8-5-7-15(24)14-16/h2,5-8,11,13-14H,1,3-4,9-10,12H2. The molecule has 3 aromatic heterocycles. The van der Waals surface area contributed by atoms with E-state index >= 15 is 0 Å². The molecule has 6 nitrogen and oxygen atoms in total. The van der Waals surface area contributed by atoms with Crippen LogP contribution in [0.3, 0.4) is 0 Å². The molecular formula is C23H20FN5OS2. The van der Waals surface area contributed by atoms with Gasteiger partial charge in [0, 0.05) is 11.4 Å². The molecule has 1 aliphatic carbocycles. The minimum Gasteiger partial charge on any atom is -0.277 e. The summed E-state index contributed by atoms with van der Waals surface area (Å²) < 4.78 is 15.4. The molecule has 9 heteroatoms. The smallest absolute Gasteiger partial charge is 0.277 e. The number of nitrogens with zero attached hydrogens (tertiary/aromatic N) is 5. The van der Waals surface area contributed by atoms with Crippen LogP contribution in [-0.2, 0) is 12.8 Å². The third kappa shape index (κ3) is 3.89. The average molecular weight is 466 g/mol. The van der Waals surface area contributed by atoms with E-state index in [-0.39, 0.29) is 17.5 Å². The van der Waals surface area contributed by atoms with Gasteiger partial charge >= 0.3 is 0 Å². The largest absolute Gasteiger partial charge is 0.300 e. The van der Waals surface area contributed by atoms with Crippen molar-refractivity contribution in [1.82, 2.24) is 19.7 Å². The Labute approximate surface area is 192 Å². The van der Waals surface area contributed by atoms with Gasteiger partial charge in [-0.25, -0.2) is 19.0 Å². The number of aryl methyl sites for hydroxylation is 2. The summed E-state index contributed by atoms with van der Waals surface area (Å²) in [5.74, 6) is -0.216. The average Bonchev–Trinajstić information content (AvgIpc) is 3.55. The first-order chi connectivity index (χ1) is 15.6. The number of rotatable bonds is 6. The molecule has 3 heterocycles. The molecular weight excluding hydrogens is 445 g/mol. The number of benzene rings is 1. The van der Waals surface area contributed by atoms with E-state index in [1.807, 2.05) is 17.5 Å². The van der Waals surface area contributed by atoms with E-state index in [0.29, 0.717) is 23.2 Å². The van der Waals surface area contributed by atoms with Crippen LogP contribution in [0, 0.1) is 5.82 Å². The number of anilines is 1. The molecule has 0 saturated carbocycles. The van der Waals surface area contributed by atoms with Crippen LogP contribution >= 0.6 is 22.7 Å². The predicted octanol–water partition coefficient (Wildman–Crippen LogP) is 5.30. The molecule has 0 spiro atoms. The van der Waals surface area contributed by atoms with Crippen LogP contribution in [0.15, 0.2) is 54.4 Å². The van der Waals surface area contributed by atoms with Crippen LogP contribution < -0.4 is 4.90 Å². The monoisotopic (exact) mass is 465 g/mol. The van der Waals surface area contributed by atoms with Crippen molar-refractivity contribution in [2.75, 3.05) is 11.4 Å². The minimum absolute atomic E-state index is 0.0349. The van der Waals surface area contributed by atoms with Gasteiger partial charge in [-0.3, -0.25) is 9.69 Å². The highest BCUT2D eigenvalue weighted by molar-refractivity contribution is 7.16. The number of fused-ring (bicyclic) bond motifs is 1. The molecule has 0 aliphatic heterocycles. The van der Waals surface area contributed by atoms with Gasteiger partial charge in [-0.1, -0.05) is 18.2 Å². The molecule has 32 heavy (non-hydrogen) atoms. The highest BCUT2D eigenvalue weighted by atomic mass is 32.1. The SMILES string of the molecule is C=CCN(C(=O)c1nc(-c2cccs2)n(-c2cccc(F)c2)n1)c1nc2c(s1)CCCC2.